The summed E-state index contributed by atoms with van der Waals surface area (Å²) in [6.45, 7) is 3.39. The Morgan fingerprint density at radius 2 is 1.91 bits per heavy atom. The van der Waals surface area contributed by atoms with Gasteiger partial charge in [-0.3, -0.25) is 14.5 Å². The lowest BCUT2D eigenvalue weighted by molar-refractivity contribution is -0.128. The van der Waals surface area contributed by atoms with Crippen molar-refractivity contribution in [3.63, 3.8) is 0 Å². The average Bonchev–Trinajstić information content (AvgIpc) is 2.95. The Morgan fingerprint density at radius 1 is 1.17 bits per heavy atom. The SMILES string of the molecule is O=CNC(C1CC(=O)N(Cc2ccccc2)C1)N1CCCCC1. The molecule has 0 radical (unpaired) electrons. The molecule has 0 bridgehead atoms. The third kappa shape index (κ3) is 3.91. The van der Waals surface area contributed by atoms with E-state index in [1.807, 2.05) is 35.2 Å². The molecule has 2 aliphatic heterocycles. The lowest BCUT2D eigenvalue weighted by atomic mass is 10.0. The minimum Gasteiger partial charge on any atom is -0.343 e. The summed E-state index contributed by atoms with van der Waals surface area (Å²) in [7, 11) is 0. The Kier molecular flexibility index (Phi) is 5.28. The molecule has 2 heterocycles. The van der Waals surface area contributed by atoms with Gasteiger partial charge in [0.05, 0.1) is 6.17 Å². The van der Waals surface area contributed by atoms with E-state index >= 15 is 0 Å². The lowest BCUT2D eigenvalue weighted by Crippen LogP contribution is -2.52. The van der Waals surface area contributed by atoms with Crippen LogP contribution in [0.3, 0.4) is 0 Å². The van der Waals surface area contributed by atoms with Crippen LogP contribution < -0.4 is 5.32 Å². The molecule has 2 aliphatic rings. The van der Waals surface area contributed by atoms with Crippen molar-refractivity contribution in [1.29, 1.82) is 0 Å². The zero-order valence-corrected chi connectivity index (χ0v) is 13.5. The van der Waals surface area contributed by atoms with E-state index in [4.69, 9.17) is 0 Å². The first-order chi connectivity index (χ1) is 11.3. The van der Waals surface area contributed by atoms with Gasteiger partial charge >= 0.3 is 0 Å². The van der Waals surface area contributed by atoms with Crippen molar-refractivity contribution in [2.24, 2.45) is 5.92 Å². The second-order valence-corrected chi connectivity index (χ2v) is 6.55. The van der Waals surface area contributed by atoms with Crippen molar-refractivity contribution >= 4 is 12.3 Å². The fraction of sp³-hybridized carbons (Fsp3) is 0.556. The predicted molar refractivity (Wildman–Crippen MR) is 88.4 cm³/mol. The summed E-state index contributed by atoms with van der Waals surface area (Å²) in [6, 6.07) is 10.1. The van der Waals surface area contributed by atoms with Crippen molar-refractivity contribution in [3.05, 3.63) is 35.9 Å². The van der Waals surface area contributed by atoms with E-state index in [0.29, 0.717) is 13.0 Å². The fourth-order valence-electron chi connectivity index (χ4n) is 3.78. The third-order valence-electron chi connectivity index (χ3n) is 4.93. The van der Waals surface area contributed by atoms with Gasteiger partial charge in [-0.25, -0.2) is 0 Å². The smallest absolute Gasteiger partial charge is 0.223 e. The van der Waals surface area contributed by atoms with Crippen LogP contribution in [0.4, 0.5) is 0 Å². The number of nitrogens with one attached hydrogen (secondary N) is 1. The molecule has 2 atom stereocenters. The third-order valence-corrected chi connectivity index (χ3v) is 4.93. The highest BCUT2D eigenvalue weighted by Crippen LogP contribution is 2.26. The molecule has 0 saturated carbocycles. The first-order valence-corrected chi connectivity index (χ1v) is 8.53. The van der Waals surface area contributed by atoms with Crippen LogP contribution in [0.5, 0.6) is 0 Å². The largest absolute Gasteiger partial charge is 0.343 e. The van der Waals surface area contributed by atoms with E-state index in [1.54, 1.807) is 0 Å². The fourth-order valence-corrected chi connectivity index (χ4v) is 3.78. The first kappa shape index (κ1) is 16.0. The van der Waals surface area contributed by atoms with Gasteiger partial charge in [0.25, 0.3) is 0 Å². The zero-order valence-electron chi connectivity index (χ0n) is 13.5. The standard InChI is InChI=1S/C18H25N3O2/c22-14-19-18(20-9-5-2-6-10-20)16-11-17(23)21(13-16)12-15-7-3-1-4-8-15/h1,3-4,7-8,14,16,18H,2,5-6,9-13H2,(H,19,22). The lowest BCUT2D eigenvalue weighted by Gasteiger charge is -2.37. The molecule has 0 spiro atoms. The molecule has 1 aromatic rings. The Bertz CT molecular complexity index is 528. The maximum absolute atomic E-state index is 12.4. The van der Waals surface area contributed by atoms with Gasteiger partial charge in [0.2, 0.25) is 12.3 Å². The van der Waals surface area contributed by atoms with Crippen LogP contribution in [-0.4, -0.2) is 47.9 Å². The molecule has 124 valence electrons. The van der Waals surface area contributed by atoms with Crippen LogP contribution in [0.2, 0.25) is 0 Å². The maximum atomic E-state index is 12.4. The number of likely N-dealkylation sites (tertiary alicyclic amines) is 2. The minimum atomic E-state index is -0.0162. The van der Waals surface area contributed by atoms with E-state index in [9.17, 15) is 9.59 Å². The van der Waals surface area contributed by atoms with E-state index in [0.717, 1.165) is 31.6 Å². The number of amides is 2. The van der Waals surface area contributed by atoms with Crippen LogP contribution in [-0.2, 0) is 16.1 Å². The highest BCUT2D eigenvalue weighted by molar-refractivity contribution is 5.78. The Labute approximate surface area is 137 Å². The summed E-state index contributed by atoms with van der Waals surface area (Å²) < 4.78 is 0. The van der Waals surface area contributed by atoms with Gasteiger partial charge in [-0.2, -0.15) is 0 Å². The van der Waals surface area contributed by atoms with Crippen LogP contribution in [0.1, 0.15) is 31.2 Å². The Hall–Kier alpha value is -1.88. The van der Waals surface area contributed by atoms with E-state index in [1.165, 1.54) is 19.3 Å². The molecule has 0 aromatic heterocycles. The monoisotopic (exact) mass is 315 g/mol. The van der Waals surface area contributed by atoms with Gasteiger partial charge in [-0.05, 0) is 18.4 Å². The second-order valence-electron chi connectivity index (χ2n) is 6.55. The van der Waals surface area contributed by atoms with Crippen molar-refractivity contribution < 1.29 is 9.59 Å². The summed E-state index contributed by atoms with van der Waals surface area (Å²) in [5.41, 5.74) is 1.15. The van der Waals surface area contributed by atoms with Gasteiger partial charge in [0.1, 0.15) is 0 Å². The molecule has 2 unspecified atom stereocenters. The van der Waals surface area contributed by atoms with Gasteiger partial charge in [-0.1, -0.05) is 36.8 Å². The number of nitrogens with zero attached hydrogens (tertiary/aromatic N) is 2. The van der Waals surface area contributed by atoms with Gasteiger partial charge in [-0.15, -0.1) is 0 Å². The van der Waals surface area contributed by atoms with E-state index < -0.39 is 0 Å². The second kappa shape index (κ2) is 7.59. The molecule has 2 saturated heterocycles. The molecule has 0 aliphatic carbocycles. The highest BCUT2D eigenvalue weighted by atomic mass is 16.2. The van der Waals surface area contributed by atoms with Crippen LogP contribution in [0, 0.1) is 5.92 Å². The molecule has 23 heavy (non-hydrogen) atoms. The minimum absolute atomic E-state index is 0.0162. The summed E-state index contributed by atoms with van der Waals surface area (Å²) >= 11 is 0. The molecule has 2 amide bonds. The quantitative estimate of drug-likeness (QED) is 0.811. The topological polar surface area (TPSA) is 52.7 Å². The maximum Gasteiger partial charge on any atom is 0.223 e. The normalized spacial score (nSPS) is 23.7. The molecule has 5 nitrogen and oxygen atoms in total. The molecular weight excluding hydrogens is 290 g/mol. The highest BCUT2D eigenvalue weighted by Gasteiger charge is 2.37. The van der Waals surface area contributed by atoms with Crippen molar-refractivity contribution in [2.75, 3.05) is 19.6 Å². The van der Waals surface area contributed by atoms with Crippen LogP contribution in [0.15, 0.2) is 30.3 Å². The zero-order chi connectivity index (χ0) is 16.1. The number of hydrogen-bond acceptors (Lipinski definition) is 3. The van der Waals surface area contributed by atoms with Gasteiger partial charge < -0.3 is 10.2 Å². The number of carbonyl (C=O) groups is 2. The Morgan fingerprint density at radius 3 is 2.61 bits per heavy atom. The van der Waals surface area contributed by atoms with Gasteiger partial charge in [0, 0.05) is 38.5 Å². The number of rotatable bonds is 6. The molecule has 1 aromatic carbocycles. The first-order valence-electron chi connectivity index (χ1n) is 8.53. The van der Waals surface area contributed by atoms with Crippen LogP contribution >= 0.6 is 0 Å². The molecule has 3 rings (SSSR count). The predicted octanol–water partition coefficient (Wildman–Crippen LogP) is 1.59. The van der Waals surface area contributed by atoms with Crippen LogP contribution in [0.25, 0.3) is 0 Å². The van der Waals surface area contributed by atoms with Crippen molar-refractivity contribution in [2.45, 2.75) is 38.4 Å². The summed E-state index contributed by atoms with van der Waals surface area (Å²) in [5.74, 6) is 0.364. The molecule has 5 heteroatoms. The number of benzene rings is 1. The molecule has 1 N–H and O–H groups in total. The summed E-state index contributed by atoms with van der Waals surface area (Å²) in [6.07, 6.45) is 4.89. The van der Waals surface area contributed by atoms with E-state index in [2.05, 4.69) is 10.2 Å². The van der Waals surface area contributed by atoms with Crippen molar-refractivity contribution in [3.8, 4) is 0 Å². The average molecular weight is 315 g/mol. The van der Waals surface area contributed by atoms with Gasteiger partial charge in [0.15, 0.2) is 0 Å². The molecule has 2 fully saturated rings. The van der Waals surface area contributed by atoms with E-state index in [-0.39, 0.29) is 18.0 Å². The Balaban J connectivity index is 1.65. The number of hydrogen-bond donors (Lipinski definition) is 1. The summed E-state index contributed by atoms with van der Waals surface area (Å²) in [5, 5.41) is 2.97. The summed E-state index contributed by atoms with van der Waals surface area (Å²) in [4.78, 5) is 27.7. The molecular formula is C18H25N3O2. The number of carbonyl (C=O) groups excluding carboxylic acids is 2. The number of piperidine rings is 1. The van der Waals surface area contributed by atoms with Crippen molar-refractivity contribution in [1.82, 2.24) is 15.1 Å².